The molecule has 2 heterocycles. The summed E-state index contributed by atoms with van der Waals surface area (Å²) in [4.78, 5) is 50.5. The van der Waals surface area contributed by atoms with Gasteiger partial charge in [-0.2, -0.15) is 4.98 Å². The number of benzene rings is 1. The standard InChI is InChI=1S/C17H21N4O8P/c1-8-5-10-11(6-9(8)2)21(15-14(18-10)16(24)20-17(25)19-15)4-3-12(22)13(23)7-29-30(26,27)28/h5-6,12-13,22-23H,3-4,7H2,1-2H3,(H3,20,24,25,26,27,28)/p+1/t12-,13+/m0/s1. The molecular formula is C17H22N4O8P+. The fraction of sp³-hybridized carbons (Fsp3) is 0.412. The second-order valence-corrected chi connectivity index (χ2v) is 8.24. The smallest absolute Gasteiger partial charge is 0.390 e. The first kappa shape index (κ1) is 22.2. The van der Waals surface area contributed by atoms with Gasteiger partial charge in [-0.25, -0.2) is 18.9 Å². The van der Waals surface area contributed by atoms with Crippen LogP contribution in [-0.2, 0) is 15.6 Å². The lowest BCUT2D eigenvalue weighted by molar-refractivity contribution is -0.649. The molecule has 12 nitrogen and oxygen atoms in total. The Balaban J connectivity index is 2.02. The van der Waals surface area contributed by atoms with Gasteiger partial charge in [0.25, 0.3) is 5.56 Å². The molecule has 0 spiro atoms. The minimum absolute atomic E-state index is 0.00484. The summed E-state index contributed by atoms with van der Waals surface area (Å²) in [5, 5.41) is 20.1. The molecule has 0 saturated carbocycles. The number of phosphoric acid groups is 1. The number of rotatable bonds is 7. The summed E-state index contributed by atoms with van der Waals surface area (Å²) in [7, 11) is -4.79. The van der Waals surface area contributed by atoms with Crippen molar-refractivity contribution in [3.63, 3.8) is 0 Å². The van der Waals surface area contributed by atoms with E-state index in [-0.39, 0.29) is 24.1 Å². The van der Waals surface area contributed by atoms with Crippen LogP contribution in [0.15, 0.2) is 21.7 Å². The van der Waals surface area contributed by atoms with Gasteiger partial charge in [-0.15, -0.1) is 0 Å². The van der Waals surface area contributed by atoms with Crippen LogP contribution in [0.2, 0.25) is 0 Å². The number of aromatic amines is 2. The van der Waals surface area contributed by atoms with E-state index in [1.807, 2.05) is 19.9 Å². The molecule has 1 aromatic carbocycles. The molecule has 0 saturated heterocycles. The Labute approximate surface area is 169 Å². The van der Waals surface area contributed by atoms with Crippen LogP contribution in [0.25, 0.3) is 22.2 Å². The van der Waals surface area contributed by atoms with Gasteiger partial charge in [0, 0.05) is 6.42 Å². The van der Waals surface area contributed by atoms with Crippen molar-refractivity contribution < 1.29 is 33.7 Å². The third kappa shape index (κ3) is 4.81. The topological polar surface area (TPSA) is 190 Å². The lowest BCUT2D eigenvalue weighted by atomic mass is 10.1. The number of H-pyrrole nitrogens is 2. The van der Waals surface area contributed by atoms with E-state index in [2.05, 4.69) is 19.5 Å². The maximum absolute atomic E-state index is 12.2. The van der Waals surface area contributed by atoms with Gasteiger partial charge in [-0.05, 0) is 37.1 Å². The summed E-state index contributed by atoms with van der Waals surface area (Å²) in [5.74, 6) is 0. The molecule has 0 radical (unpaired) electrons. The van der Waals surface area contributed by atoms with Crippen LogP contribution in [0.5, 0.6) is 0 Å². The highest BCUT2D eigenvalue weighted by molar-refractivity contribution is 7.46. The van der Waals surface area contributed by atoms with Crippen molar-refractivity contribution in [2.24, 2.45) is 0 Å². The monoisotopic (exact) mass is 441 g/mol. The normalized spacial score (nSPS) is 14.3. The van der Waals surface area contributed by atoms with E-state index in [4.69, 9.17) is 9.79 Å². The van der Waals surface area contributed by atoms with Crippen LogP contribution in [0.3, 0.4) is 0 Å². The number of aliphatic hydroxyl groups excluding tert-OH is 2. The SMILES string of the molecule is Cc1cc2nc3c(=O)[nH]c(=O)[nH]c3[n+](CC[C@H](O)[C@H](O)COP(=O)(O)O)c2cc1C. The van der Waals surface area contributed by atoms with Crippen molar-refractivity contribution in [3.8, 4) is 0 Å². The van der Waals surface area contributed by atoms with Crippen molar-refractivity contribution >= 4 is 30.0 Å². The molecule has 6 N–H and O–H groups in total. The number of fused-ring (bicyclic) bond motifs is 2. The molecule has 162 valence electrons. The van der Waals surface area contributed by atoms with Crippen LogP contribution in [0, 0.1) is 13.8 Å². The summed E-state index contributed by atoms with van der Waals surface area (Å²) in [6.45, 7) is 3.08. The van der Waals surface area contributed by atoms with Crippen LogP contribution in [0.4, 0.5) is 0 Å². The highest BCUT2D eigenvalue weighted by Gasteiger charge is 2.25. The number of aromatic nitrogens is 4. The summed E-state index contributed by atoms with van der Waals surface area (Å²) >= 11 is 0. The molecule has 2 atom stereocenters. The van der Waals surface area contributed by atoms with Gasteiger partial charge < -0.3 is 20.0 Å². The maximum atomic E-state index is 12.2. The first-order valence-corrected chi connectivity index (χ1v) is 10.5. The molecule has 0 unspecified atom stereocenters. The third-order valence-electron chi connectivity index (χ3n) is 4.79. The molecule has 0 aliphatic carbocycles. The Kier molecular flexibility index (Phi) is 6.18. The summed E-state index contributed by atoms with van der Waals surface area (Å²) in [6.07, 6.45) is -3.00. The highest BCUT2D eigenvalue weighted by Crippen LogP contribution is 2.35. The fourth-order valence-corrected chi connectivity index (χ4v) is 3.42. The first-order valence-electron chi connectivity index (χ1n) is 8.99. The summed E-state index contributed by atoms with van der Waals surface area (Å²) in [5.41, 5.74) is 1.76. The molecule has 3 aromatic rings. The zero-order valence-corrected chi connectivity index (χ0v) is 17.1. The Morgan fingerprint density at radius 2 is 1.80 bits per heavy atom. The quantitative estimate of drug-likeness (QED) is 0.150. The average Bonchev–Trinajstić information content (AvgIpc) is 2.64. The van der Waals surface area contributed by atoms with E-state index >= 15 is 0 Å². The molecule has 0 amide bonds. The number of hydrogen-bond acceptors (Lipinski definition) is 7. The predicted molar refractivity (Wildman–Crippen MR) is 105 cm³/mol. The minimum atomic E-state index is -4.79. The molecule has 0 aliphatic rings. The molecule has 3 rings (SSSR count). The average molecular weight is 441 g/mol. The number of hydrogen-bond donors (Lipinski definition) is 6. The van der Waals surface area contributed by atoms with E-state index in [9.17, 15) is 24.4 Å². The Hall–Kier alpha value is -2.47. The Morgan fingerprint density at radius 1 is 1.13 bits per heavy atom. The van der Waals surface area contributed by atoms with E-state index < -0.39 is 37.9 Å². The van der Waals surface area contributed by atoms with Crippen molar-refractivity contribution in [2.45, 2.75) is 39.0 Å². The molecule has 0 fully saturated rings. The summed E-state index contributed by atoms with van der Waals surface area (Å²) in [6, 6.07) is 3.63. The van der Waals surface area contributed by atoms with Crippen molar-refractivity contribution in [1.29, 1.82) is 0 Å². The minimum Gasteiger partial charge on any atom is -0.390 e. The summed E-state index contributed by atoms with van der Waals surface area (Å²) < 4.78 is 16.6. The lowest BCUT2D eigenvalue weighted by Gasteiger charge is -2.18. The van der Waals surface area contributed by atoms with Gasteiger partial charge in [-0.1, -0.05) is 0 Å². The van der Waals surface area contributed by atoms with E-state index in [1.54, 1.807) is 10.6 Å². The van der Waals surface area contributed by atoms with Crippen molar-refractivity contribution in [2.75, 3.05) is 6.61 Å². The van der Waals surface area contributed by atoms with E-state index in [0.29, 0.717) is 11.0 Å². The Morgan fingerprint density at radius 3 is 2.47 bits per heavy atom. The lowest BCUT2D eigenvalue weighted by Crippen LogP contribution is -2.43. The van der Waals surface area contributed by atoms with Crippen LogP contribution < -0.4 is 15.8 Å². The van der Waals surface area contributed by atoms with Crippen LogP contribution in [-0.4, -0.2) is 53.8 Å². The van der Waals surface area contributed by atoms with Gasteiger partial charge in [0.05, 0.1) is 19.3 Å². The number of phosphoric ester groups is 1. The molecule has 30 heavy (non-hydrogen) atoms. The first-order chi connectivity index (χ1) is 14.0. The number of nitrogens with one attached hydrogen (secondary N) is 2. The van der Waals surface area contributed by atoms with Gasteiger partial charge >= 0.3 is 19.2 Å². The van der Waals surface area contributed by atoms with Crippen LogP contribution >= 0.6 is 7.82 Å². The van der Waals surface area contributed by atoms with Gasteiger partial charge in [0.1, 0.15) is 11.6 Å². The number of aliphatic hydroxyl groups is 2. The number of aryl methyl sites for hydroxylation is 3. The number of nitrogens with zero attached hydrogens (tertiary/aromatic N) is 2. The third-order valence-corrected chi connectivity index (χ3v) is 5.27. The van der Waals surface area contributed by atoms with Crippen molar-refractivity contribution in [1.82, 2.24) is 15.0 Å². The fourth-order valence-electron chi connectivity index (χ4n) is 3.07. The molecule has 0 bridgehead atoms. The largest absolute Gasteiger partial charge is 0.469 e. The van der Waals surface area contributed by atoms with Crippen molar-refractivity contribution in [3.05, 3.63) is 44.1 Å². The molecular weight excluding hydrogens is 419 g/mol. The maximum Gasteiger partial charge on any atom is 0.469 e. The van der Waals surface area contributed by atoms with E-state index in [0.717, 1.165) is 11.1 Å². The van der Waals surface area contributed by atoms with Gasteiger partial charge in [0.15, 0.2) is 5.52 Å². The molecule has 0 aliphatic heterocycles. The van der Waals surface area contributed by atoms with Gasteiger partial charge in [-0.3, -0.25) is 14.3 Å². The second-order valence-electron chi connectivity index (χ2n) is 7.00. The Bertz CT molecular complexity index is 1260. The van der Waals surface area contributed by atoms with Crippen LogP contribution in [0.1, 0.15) is 17.5 Å². The zero-order valence-electron chi connectivity index (χ0n) is 16.2. The van der Waals surface area contributed by atoms with Gasteiger partial charge in [0.2, 0.25) is 5.52 Å². The van der Waals surface area contributed by atoms with E-state index in [1.165, 1.54) is 0 Å². The highest BCUT2D eigenvalue weighted by atomic mass is 31.2. The predicted octanol–water partition coefficient (Wildman–Crippen LogP) is -1.11. The zero-order chi connectivity index (χ0) is 22.2. The second kappa shape index (κ2) is 8.34. The molecule has 2 aromatic heterocycles. The molecule has 13 heteroatoms.